The minimum Gasteiger partial charge on any atom is -0.448 e. The fourth-order valence-corrected chi connectivity index (χ4v) is 4.83. The molecule has 1 amide bonds. The van der Waals surface area contributed by atoms with Gasteiger partial charge in [0, 0.05) is 16.8 Å². The van der Waals surface area contributed by atoms with Gasteiger partial charge in [0.25, 0.3) is 0 Å². The van der Waals surface area contributed by atoms with E-state index in [1.807, 2.05) is 48.5 Å². The number of rotatable bonds is 4. The summed E-state index contributed by atoms with van der Waals surface area (Å²) >= 11 is 3.44. The number of cyclic esters (lactones) is 1. The molecule has 6 heteroatoms. The Hall–Kier alpha value is -3.12. The zero-order chi connectivity index (χ0) is 21.4. The lowest BCUT2D eigenvalue weighted by atomic mass is 9.98. The highest BCUT2D eigenvalue weighted by atomic mass is 79.9. The quantitative estimate of drug-likeness (QED) is 0.489. The number of carbonyl (C=O) groups is 2. The van der Waals surface area contributed by atoms with Gasteiger partial charge in [-0.1, -0.05) is 76.6 Å². The van der Waals surface area contributed by atoms with E-state index in [2.05, 4.69) is 40.2 Å². The van der Waals surface area contributed by atoms with E-state index in [0.717, 1.165) is 21.2 Å². The van der Waals surface area contributed by atoms with Crippen LogP contribution in [-0.2, 0) is 20.7 Å². The number of amides is 1. The minimum absolute atomic E-state index is 0.0286. The summed E-state index contributed by atoms with van der Waals surface area (Å²) in [4.78, 5) is 26.6. The Morgan fingerprint density at radius 2 is 1.68 bits per heavy atom. The van der Waals surface area contributed by atoms with Gasteiger partial charge < -0.3 is 9.47 Å². The van der Waals surface area contributed by atoms with E-state index in [9.17, 15) is 9.59 Å². The number of ether oxygens (including phenoxy) is 2. The molecule has 1 unspecified atom stereocenters. The molecule has 0 saturated carbocycles. The van der Waals surface area contributed by atoms with Crippen molar-refractivity contribution in [1.82, 2.24) is 4.90 Å². The summed E-state index contributed by atoms with van der Waals surface area (Å²) in [6.07, 6.45) is -0.157. The number of nitrogens with zero attached hydrogens (tertiary/aromatic N) is 1. The van der Waals surface area contributed by atoms with Crippen molar-refractivity contribution in [3.8, 4) is 11.1 Å². The summed E-state index contributed by atoms with van der Waals surface area (Å²) in [6.45, 7) is 0.120. The van der Waals surface area contributed by atoms with Crippen LogP contribution in [0.4, 0.5) is 4.79 Å². The summed E-state index contributed by atoms with van der Waals surface area (Å²) in [5.74, 6) is -0.437. The molecule has 1 saturated heterocycles. The first-order valence-corrected chi connectivity index (χ1v) is 10.9. The van der Waals surface area contributed by atoms with Crippen LogP contribution in [0.2, 0.25) is 0 Å². The van der Waals surface area contributed by atoms with Gasteiger partial charge in [0.05, 0.1) is 0 Å². The Bertz CT molecular complexity index is 1120. The third-order valence-corrected chi connectivity index (χ3v) is 6.38. The summed E-state index contributed by atoms with van der Waals surface area (Å²) in [5.41, 5.74) is 5.58. The summed E-state index contributed by atoms with van der Waals surface area (Å²) in [5, 5.41) is 0. The van der Waals surface area contributed by atoms with Crippen LogP contribution in [0, 0.1) is 0 Å². The van der Waals surface area contributed by atoms with Gasteiger partial charge in [-0.3, -0.25) is 4.90 Å². The van der Waals surface area contributed by atoms with Crippen LogP contribution in [0.1, 0.15) is 22.6 Å². The number of esters is 1. The smallest absolute Gasteiger partial charge is 0.413 e. The summed E-state index contributed by atoms with van der Waals surface area (Å²) in [7, 11) is 0. The highest BCUT2D eigenvalue weighted by Gasteiger charge is 2.39. The first-order chi connectivity index (χ1) is 15.1. The van der Waals surface area contributed by atoms with E-state index in [4.69, 9.17) is 9.47 Å². The molecule has 0 spiro atoms. The molecule has 1 aliphatic carbocycles. The first-order valence-electron chi connectivity index (χ1n) is 10.1. The highest BCUT2D eigenvalue weighted by molar-refractivity contribution is 9.10. The van der Waals surface area contributed by atoms with Gasteiger partial charge in [0.1, 0.15) is 12.6 Å². The van der Waals surface area contributed by atoms with E-state index in [1.165, 1.54) is 16.0 Å². The highest BCUT2D eigenvalue weighted by Crippen LogP contribution is 2.44. The predicted octanol–water partition coefficient (Wildman–Crippen LogP) is 5.13. The number of hydrogen-bond donors (Lipinski definition) is 0. The lowest BCUT2D eigenvalue weighted by Gasteiger charge is -2.21. The Morgan fingerprint density at radius 3 is 2.35 bits per heavy atom. The van der Waals surface area contributed by atoms with Crippen molar-refractivity contribution in [3.05, 3.63) is 94.0 Å². The maximum atomic E-state index is 12.9. The molecule has 31 heavy (non-hydrogen) atoms. The zero-order valence-corrected chi connectivity index (χ0v) is 18.2. The minimum atomic E-state index is -0.690. The van der Waals surface area contributed by atoms with E-state index in [0.29, 0.717) is 6.42 Å². The van der Waals surface area contributed by atoms with Crippen LogP contribution in [0.3, 0.4) is 0 Å². The topological polar surface area (TPSA) is 55.8 Å². The lowest BCUT2D eigenvalue weighted by molar-refractivity contribution is -0.139. The Labute approximate surface area is 188 Å². The molecule has 1 heterocycles. The van der Waals surface area contributed by atoms with Gasteiger partial charge >= 0.3 is 12.1 Å². The fraction of sp³-hybridized carbons (Fsp3) is 0.200. The van der Waals surface area contributed by atoms with E-state index in [-0.39, 0.29) is 19.3 Å². The Morgan fingerprint density at radius 1 is 1.00 bits per heavy atom. The molecule has 5 rings (SSSR count). The molecule has 5 nitrogen and oxygen atoms in total. The van der Waals surface area contributed by atoms with Crippen LogP contribution in [-0.4, -0.2) is 36.3 Å². The average molecular weight is 478 g/mol. The van der Waals surface area contributed by atoms with Crippen molar-refractivity contribution in [2.75, 3.05) is 13.3 Å². The largest absolute Gasteiger partial charge is 0.448 e. The van der Waals surface area contributed by atoms with Gasteiger partial charge in [0.15, 0.2) is 6.73 Å². The fourth-order valence-electron chi connectivity index (χ4n) is 4.38. The van der Waals surface area contributed by atoms with Crippen LogP contribution < -0.4 is 0 Å². The molecule has 1 aliphatic heterocycles. The van der Waals surface area contributed by atoms with Crippen LogP contribution >= 0.6 is 15.9 Å². The SMILES string of the molecule is O=C1OCN(C(=O)OCC2c3ccccc3-c3ccccc32)C1Cc1cccc(Br)c1. The number of halogens is 1. The van der Waals surface area contributed by atoms with Crippen molar-refractivity contribution in [2.24, 2.45) is 0 Å². The predicted molar refractivity (Wildman–Crippen MR) is 120 cm³/mol. The Balaban J connectivity index is 1.32. The number of carbonyl (C=O) groups excluding carboxylic acids is 2. The van der Waals surface area contributed by atoms with E-state index >= 15 is 0 Å². The Kier molecular flexibility index (Phi) is 5.24. The van der Waals surface area contributed by atoms with Gasteiger partial charge in [-0.05, 0) is 39.9 Å². The molecule has 156 valence electrons. The number of fused-ring (bicyclic) bond motifs is 3. The van der Waals surface area contributed by atoms with Gasteiger partial charge in [0.2, 0.25) is 0 Å². The zero-order valence-electron chi connectivity index (χ0n) is 16.7. The second-order valence-corrected chi connectivity index (χ2v) is 8.63. The summed E-state index contributed by atoms with van der Waals surface area (Å²) < 4.78 is 11.8. The molecule has 3 aromatic carbocycles. The monoisotopic (exact) mass is 477 g/mol. The van der Waals surface area contributed by atoms with Crippen molar-refractivity contribution in [1.29, 1.82) is 0 Å². The lowest BCUT2D eigenvalue weighted by Crippen LogP contribution is -2.40. The van der Waals surface area contributed by atoms with Crippen molar-refractivity contribution in [2.45, 2.75) is 18.4 Å². The molecule has 0 bridgehead atoms. The van der Waals surface area contributed by atoms with Crippen molar-refractivity contribution < 1.29 is 19.1 Å². The molecule has 3 aromatic rings. The standard InChI is InChI=1S/C25H20BrNO4/c26-17-7-5-6-16(12-17)13-23-24(28)31-15-27(23)25(29)30-14-22-20-10-3-1-8-18(20)19-9-2-4-11-21(19)22/h1-12,22-23H,13-15H2. The first kappa shape index (κ1) is 19.8. The molecule has 2 aliphatic rings. The third kappa shape index (κ3) is 3.72. The van der Waals surface area contributed by atoms with Gasteiger partial charge in [-0.15, -0.1) is 0 Å². The second kappa shape index (κ2) is 8.19. The molecule has 0 N–H and O–H groups in total. The van der Waals surface area contributed by atoms with E-state index < -0.39 is 18.1 Å². The van der Waals surface area contributed by atoms with Gasteiger partial charge in [-0.25, -0.2) is 9.59 Å². The van der Waals surface area contributed by atoms with Crippen LogP contribution in [0.15, 0.2) is 77.3 Å². The third-order valence-electron chi connectivity index (χ3n) is 5.88. The van der Waals surface area contributed by atoms with Gasteiger partial charge in [-0.2, -0.15) is 0 Å². The molecule has 0 radical (unpaired) electrons. The molecule has 1 fully saturated rings. The maximum Gasteiger partial charge on any atom is 0.413 e. The second-order valence-electron chi connectivity index (χ2n) is 7.72. The normalized spacial score (nSPS) is 17.3. The molecular formula is C25H20BrNO4. The molecule has 1 atom stereocenters. The molecular weight excluding hydrogens is 458 g/mol. The summed E-state index contributed by atoms with van der Waals surface area (Å²) in [6, 6.07) is 23.4. The van der Waals surface area contributed by atoms with Crippen molar-refractivity contribution in [3.63, 3.8) is 0 Å². The van der Waals surface area contributed by atoms with E-state index in [1.54, 1.807) is 0 Å². The van der Waals surface area contributed by atoms with Crippen molar-refractivity contribution >= 4 is 28.0 Å². The average Bonchev–Trinajstić information content (AvgIpc) is 3.30. The number of benzene rings is 3. The number of hydrogen-bond acceptors (Lipinski definition) is 4. The molecule has 0 aromatic heterocycles. The van der Waals surface area contributed by atoms with Crippen LogP contribution in [0.25, 0.3) is 11.1 Å². The van der Waals surface area contributed by atoms with Crippen LogP contribution in [0.5, 0.6) is 0 Å². The maximum absolute atomic E-state index is 12.9.